The van der Waals surface area contributed by atoms with Crippen LogP contribution in [0.4, 0.5) is 0 Å². The Bertz CT molecular complexity index is 489. The lowest BCUT2D eigenvalue weighted by Crippen LogP contribution is -2.48. The molecule has 0 radical (unpaired) electrons. The van der Waals surface area contributed by atoms with Crippen molar-refractivity contribution in [2.45, 2.75) is 68.1 Å². The molecule has 0 bridgehead atoms. The molecule has 0 aromatic carbocycles. The summed E-state index contributed by atoms with van der Waals surface area (Å²) in [6, 6.07) is 0. The number of nitrogens with one attached hydrogen (secondary N) is 1. The number of halogens is 3. The average molecular weight is 433 g/mol. The molecule has 0 fully saturated rings. The van der Waals surface area contributed by atoms with Crippen LogP contribution in [-0.4, -0.2) is 49.7 Å². The van der Waals surface area contributed by atoms with Gasteiger partial charge in [0, 0.05) is 6.61 Å². The number of rotatable bonds is 6. The third-order valence-corrected chi connectivity index (χ3v) is 9.41. The zero-order valence-corrected chi connectivity index (χ0v) is 18.8. The monoisotopic (exact) mass is 431 g/mol. The second-order valence-corrected chi connectivity index (χ2v) is 14.5. The Hall–Kier alpha value is 0.177. The molecule has 1 heterocycles. The minimum atomic E-state index is -1.97. The van der Waals surface area contributed by atoms with E-state index < -0.39 is 36.5 Å². The minimum Gasteiger partial charge on any atom is -0.468 e. The summed E-state index contributed by atoms with van der Waals surface area (Å²) < 4.78 is 21.2. The molecule has 0 unspecified atom stereocenters. The van der Waals surface area contributed by atoms with Gasteiger partial charge in [-0.2, -0.15) is 0 Å². The van der Waals surface area contributed by atoms with Gasteiger partial charge in [0.1, 0.15) is 12.2 Å². The van der Waals surface area contributed by atoms with Crippen LogP contribution < -0.4 is 0 Å². The average Bonchev–Trinajstić information content (AvgIpc) is 2.45. The fraction of sp³-hybridized carbons (Fsp3) is 0.812. The van der Waals surface area contributed by atoms with Gasteiger partial charge >= 0.3 is 0 Å². The third kappa shape index (κ3) is 7.01. The molecular weight excluding hydrogens is 405 g/mol. The van der Waals surface area contributed by atoms with Crippen molar-refractivity contribution in [3.63, 3.8) is 0 Å². The molecule has 0 aromatic heterocycles. The first-order valence-electron chi connectivity index (χ1n) is 8.19. The molecule has 5 nitrogen and oxygen atoms in total. The summed E-state index contributed by atoms with van der Waals surface area (Å²) in [7, 11) is -1.97. The van der Waals surface area contributed by atoms with Crippen molar-refractivity contribution < 1.29 is 18.6 Å². The molecule has 0 spiro atoms. The zero-order chi connectivity index (χ0) is 19.5. The van der Waals surface area contributed by atoms with Gasteiger partial charge in [-0.1, -0.05) is 55.6 Å². The second kappa shape index (κ2) is 8.91. The van der Waals surface area contributed by atoms with Crippen LogP contribution >= 0.6 is 34.8 Å². The van der Waals surface area contributed by atoms with Gasteiger partial charge in [0.2, 0.25) is 5.90 Å². The van der Waals surface area contributed by atoms with Crippen LogP contribution in [0.2, 0.25) is 18.1 Å². The predicted octanol–water partition coefficient (Wildman–Crippen LogP) is 5.06. The van der Waals surface area contributed by atoms with E-state index in [9.17, 15) is 0 Å². The number of hydrogen-bond acceptors (Lipinski definition) is 5. The summed E-state index contributed by atoms with van der Waals surface area (Å²) in [6.07, 6.45) is 1.93. The number of ether oxygens (including phenoxy) is 3. The van der Waals surface area contributed by atoms with Crippen molar-refractivity contribution in [1.82, 2.24) is 0 Å². The molecule has 0 saturated heterocycles. The van der Waals surface area contributed by atoms with Crippen molar-refractivity contribution in [3.05, 3.63) is 12.2 Å². The fourth-order valence-corrected chi connectivity index (χ4v) is 2.99. The maximum absolute atomic E-state index is 7.78. The van der Waals surface area contributed by atoms with E-state index in [1.54, 1.807) is 12.2 Å². The SMILES string of the molecule is CCO[C@@H]1C=C[C@@H](OC(=N)C(Cl)(Cl)Cl)[C@@H](CO[Si](C)(C)C(C)(C)C)O1. The summed E-state index contributed by atoms with van der Waals surface area (Å²) in [6.45, 7) is 13.5. The minimum absolute atomic E-state index is 0.0669. The summed E-state index contributed by atoms with van der Waals surface area (Å²) in [5, 5.41) is 7.85. The molecule has 1 aliphatic heterocycles. The molecule has 1 aliphatic rings. The lowest BCUT2D eigenvalue weighted by atomic mass is 10.1. The van der Waals surface area contributed by atoms with Crippen molar-refractivity contribution in [2.24, 2.45) is 0 Å². The third-order valence-electron chi connectivity index (χ3n) is 4.39. The first kappa shape index (κ1) is 23.2. The van der Waals surface area contributed by atoms with Crippen molar-refractivity contribution in [3.8, 4) is 0 Å². The van der Waals surface area contributed by atoms with Crippen LogP contribution in [0.5, 0.6) is 0 Å². The molecule has 0 aromatic rings. The van der Waals surface area contributed by atoms with Crippen LogP contribution in [-0.2, 0) is 18.6 Å². The highest BCUT2D eigenvalue weighted by molar-refractivity contribution is 6.76. The molecule has 0 amide bonds. The molecule has 1 N–H and O–H groups in total. The van der Waals surface area contributed by atoms with E-state index in [1.165, 1.54) is 0 Å². The summed E-state index contributed by atoms with van der Waals surface area (Å²) >= 11 is 17.1. The summed E-state index contributed by atoms with van der Waals surface area (Å²) in [5.41, 5.74) is 0. The second-order valence-electron chi connectivity index (χ2n) is 7.36. The molecular formula is C16H28Cl3NO4Si. The van der Waals surface area contributed by atoms with E-state index >= 15 is 0 Å². The van der Waals surface area contributed by atoms with E-state index in [2.05, 4.69) is 33.9 Å². The first-order chi connectivity index (χ1) is 11.3. The normalized spacial score (nSPS) is 25.1. The van der Waals surface area contributed by atoms with Gasteiger partial charge in [-0.25, -0.2) is 0 Å². The molecule has 25 heavy (non-hydrogen) atoms. The smallest absolute Gasteiger partial charge is 0.265 e. The Balaban J connectivity index is 2.85. The molecule has 0 saturated carbocycles. The van der Waals surface area contributed by atoms with Crippen molar-refractivity contribution in [1.29, 1.82) is 5.41 Å². The maximum atomic E-state index is 7.78. The summed E-state index contributed by atoms with van der Waals surface area (Å²) in [5.74, 6) is -0.456. The Morgan fingerprint density at radius 1 is 1.20 bits per heavy atom. The zero-order valence-electron chi connectivity index (χ0n) is 15.6. The Labute approximate surface area is 166 Å². The molecule has 146 valence electrons. The molecule has 9 heteroatoms. The van der Waals surface area contributed by atoms with E-state index in [4.69, 9.17) is 58.8 Å². The fourth-order valence-electron chi connectivity index (χ4n) is 1.84. The van der Waals surface area contributed by atoms with Gasteiger partial charge in [-0.15, -0.1) is 0 Å². The Morgan fingerprint density at radius 2 is 1.80 bits per heavy atom. The summed E-state index contributed by atoms with van der Waals surface area (Å²) in [4.78, 5) is 0. The number of alkyl halides is 3. The van der Waals surface area contributed by atoms with Crippen molar-refractivity contribution in [2.75, 3.05) is 13.2 Å². The van der Waals surface area contributed by atoms with E-state index in [0.717, 1.165) is 0 Å². The van der Waals surface area contributed by atoms with Gasteiger partial charge in [-0.05, 0) is 37.2 Å². The molecule has 1 rings (SSSR count). The van der Waals surface area contributed by atoms with Crippen LogP contribution in [0.3, 0.4) is 0 Å². The highest BCUT2D eigenvalue weighted by Gasteiger charge is 2.40. The highest BCUT2D eigenvalue weighted by atomic mass is 35.6. The van der Waals surface area contributed by atoms with Crippen molar-refractivity contribution >= 4 is 49.0 Å². The maximum Gasteiger partial charge on any atom is 0.265 e. The van der Waals surface area contributed by atoms with Crippen LogP contribution in [0.25, 0.3) is 0 Å². The van der Waals surface area contributed by atoms with Gasteiger partial charge < -0.3 is 18.6 Å². The largest absolute Gasteiger partial charge is 0.468 e. The van der Waals surface area contributed by atoms with Gasteiger partial charge in [0.15, 0.2) is 14.6 Å². The van der Waals surface area contributed by atoms with E-state index in [1.807, 2.05) is 6.92 Å². The van der Waals surface area contributed by atoms with E-state index in [0.29, 0.717) is 13.2 Å². The van der Waals surface area contributed by atoms with Gasteiger partial charge in [-0.3, -0.25) is 5.41 Å². The van der Waals surface area contributed by atoms with E-state index in [-0.39, 0.29) is 5.04 Å². The molecule has 0 aliphatic carbocycles. The van der Waals surface area contributed by atoms with Crippen LogP contribution in [0.15, 0.2) is 12.2 Å². The lowest BCUT2D eigenvalue weighted by Gasteiger charge is -2.39. The van der Waals surface area contributed by atoms with Gasteiger partial charge in [0.05, 0.1) is 6.61 Å². The molecule has 3 atom stereocenters. The topological polar surface area (TPSA) is 60.8 Å². The Kier molecular flexibility index (Phi) is 8.28. The quantitative estimate of drug-likeness (QED) is 0.209. The lowest BCUT2D eigenvalue weighted by molar-refractivity contribution is -0.174. The highest BCUT2D eigenvalue weighted by Crippen LogP contribution is 2.37. The van der Waals surface area contributed by atoms with Crippen LogP contribution in [0, 0.1) is 5.41 Å². The van der Waals surface area contributed by atoms with Gasteiger partial charge in [0.25, 0.3) is 3.79 Å². The van der Waals surface area contributed by atoms with Crippen LogP contribution in [0.1, 0.15) is 27.7 Å². The first-order valence-corrected chi connectivity index (χ1v) is 12.2. The Morgan fingerprint density at radius 3 is 2.28 bits per heavy atom. The predicted molar refractivity (Wildman–Crippen MR) is 105 cm³/mol. The standard InChI is InChI=1S/C16H28Cl3NO4Si/c1-7-21-13-9-8-11(24-14(20)16(17,18)19)12(23-13)10-22-25(5,6)15(2,3)4/h8-9,11-13,20H,7,10H2,1-6H3/t11-,12-,13+/m1/s1. The number of hydrogen-bond donors (Lipinski definition) is 1.